The van der Waals surface area contributed by atoms with Gasteiger partial charge in [0, 0.05) is 47.4 Å². The van der Waals surface area contributed by atoms with Crippen molar-refractivity contribution in [1.82, 2.24) is 4.58 Å². The number of aryl methyl sites for hydroxylation is 1. The van der Waals surface area contributed by atoms with E-state index in [0.717, 1.165) is 48.5 Å². The lowest BCUT2D eigenvalue weighted by Crippen LogP contribution is -3.00. The molecular formula is C28H33ClN2O. The summed E-state index contributed by atoms with van der Waals surface area (Å²) in [5, 5.41) is 2.37. The normalized spacial score (nSPS) is 10.9. The summed E-state index contributed by atoms with van der Waals surface area (Å²) in [6, 6.07) is 21.9. The van der Waals surface area contributed by atoms with Gasteiger partial charge in [0.25, 0.3) is 0 Å². The van der Waals surface area contributed by atoms with Crippen LogP contribution in [-0.4, -0.2) is 26.2 Å². The van der Waals surface area contributed by atoms with Gasteiger partial charge in [-0.2, -0.15) is 0 Å². The van der Waals surface area contributed by atoms with Crippen molar-refractivity contribution in [1.29, 1.82) is 0 Å². The molecule has 0 saturated heterocycles. The molecule has 4 heteroatoms. The van der Waals surface area contributed by atoms with E-state index in [0.29, 0.717) is 0 Å². The van der Waals surface area contributed by atoms with Gasteiger partial charge in [-0.05, 0) is 63.9 Å². The van der Waals surface area contributed by atoms with Gasteiger partial charge in [-0.25, -0.2) is 4.58 Å². The summed E-state index contributed by atoms with van der Waals surface area (Å²) >= 11 is 0. The van der Waals surface area contributed by atoms with Crippen LogP contribution in [0.2, 0.25) is 0 Å². The third-order valence-electron chi connectivity index (χ3n) is 6.36. The van der Waals surface area contributed by atoms with Crippen LogP contribution in [-0.2, 0) is 0 Å². The number of benzene rings is 3. The molecule has 0 radical (unpaired) electrons. The molecule has 168 valence electrons. The summed E-state index contributed by atoms with van der Waals surface area (Å²) in [4.78, 5) is 2.36. The second kappa shape index (κ2) is 10.2. The van der Waals surface area contributed by atoms with E-state index in [9.17, 15) is 0 Å². The number of hydrogen-bond donors (Lipinski definition) is 0. The van der Waals surface area contributed by atoms with Crippen molar-refractivity contribution in [2.45, 2.75) is 34.6 Å². The average molecular weight is 449 g/mol. The highest BCUT2D eigenvalue weighted by Gasteiger charge is 2.20. The van der Waals surface area contributed by atoms with Crippen LogP contribution in [0.15, 0.2) is 65.1 Å². The Labute approximate surface area is 197 Å². The molecule has 0 spiro atoms. The number of nitrogens with zero attached hydrogens (tertiary/aromatic N) is 2. The van der Waals surface area contributed by atoms with Crippen LogP contribution < -0.4 is 27.2 Å². The largest absolute Gasteiger partial charge is 1.00 e. The Bertz CT molecular complexity index is 1250. The molecule has 0 bridgehead atoms. The van der Waals surface area contributed by atoms with E-state index in [-0.39, 0.29) is 12.4 Å². The maximum Gasteiger partial charge on any atom is 0.203 e. The van der Waals surface area contributed by atoms with Crippen molar-refractivity contribution < 1.29 is 16.8 Å². The Kier molecular flexibility index (Phi) is 7.63. The number of anilines is 1. The molecular weight excluding hydrogens is 416 g/mol. The van der Waals surface area contributed by atoms with Crippen LogP contribution in [0.5, 0.6) is 0 Å². The van der Waals surface area contributed by atoms with Gasteiger partial charge in [-0.3, -0.25) is 0 Å². The van der Waals surface area contributed by atoms with Crippen LogP contribution in [0.1, 0.15) is 33.3 Å². The van der Waals surface area contributed by atoms with Crippen LogP contribution in [0, 0.1) is 6.92 Å². The molecule has 0 N–H and O–H groups in total. The highest BCUT2D eigenvalue weighted by Crippen LogP contribution is 2.41. The zero-order chi connectivity index (χ0) is 22.0. The minimum absolute atomic E-state index is 0. The van der Waals surface area contributed by atoms with Gasteiger partial charge in [-0.1, -0.05) is 24.3 Å². The predicted octanol–water partition coefficient (Wildman–Crippen LogP) is 3.18. The van der Waals surface area contributed by atoms with E-state index in [4.69, 9.17) is 4.42 Å². The second-order valence-corrected chi connectivity index (χ2v) is 8.00. The van der Waals surface area contributed by atoms with Gasteiger partial charge < -0.3 is 21.7 Å². The van der Waals surface area contributed by atoms with Crippen molar-refractivity contribution in [3.63, 3.8) is 0 Å². The molecule has 4 rings (SSSR count). The van der Waals surface area contributed by atoms with Crippen LogP contribution in [0.3, 0.4) is 0 Å². The smallest absolute Gasteiger partial charge is 0.203 e. The standard InChI is InChI=1S/C28H33N2O.ClH/c1-6-29(7-2)21-14-16-24-26(18-21)31-27-19-22(30(8-3)9-4)15-17-25(27)28(24)23-13-11-10-12-20(23)5;/h10-19H,6-9H2,1-5H3;1H/q+1;/p-1. The Morgan fingerprint density at radius 2 is 1.53 bits per heavy atom. The maximum atomic E-state index is 6.55. The molecule has 1 aliphatic heterocycles. The van der Waals surface area contributed by atoms with Crippen LogP contribution >= 0.6 is 0 Å². The summed E-state index contributed by atoms with van der Waals surface area (Å²) in [5.74, 6) is 0.937. The average Bonchev–Trinajstić information content (AvgIpc) is 2.79. The van der Waals surface area contributed by atoms with Crippen molar-refractivity contribution >= 4 is 16.7 Å². The van der Waals surface area contributed by atoms with Gasteiger partial charge in [0.2, 0.25) is 5.36 Å². The minimum Gasteiger partial charge on any atom is -1.00 e. The van der Waals surface area contributed by atoms with Crippen molar-refractivity contribution in [3.8, 4) is 22.5 Å². The quantitative estimate of drug-likeness (QED) is 0.333. The fourth-order valence-corrected chi connectivity index (χ4v) is 4.58. The Morgan fingerprint density at radius 1 is 0.812 bits per heavy atom. The molecule has 32 heavy (non-hydrogen) atoms. The second-order valence-electron chi connectivity index (χ2n) is 8.00. The van der Waals surface area contributed by atoms with Gasteiger partial charge in [-0.15, -0.1) is 0 Å². The molecule has 0 aromatic heterocycles. The third-order valence-corrected chi connectivity index (χ3v) is 6.36. The zero-order valence-corrected chi connectivity index (χ0v) is 20.5. The number of rotatable bonds is 6. The topological polar surface area (TPSA) is 19.4 Å². The number of halogens is 1. The van der Waals surface area contributed by atoms with E-state index in [1.165, 1.54) is 27.7 Å². The van der Waals surface area contributed by atoms with Crippen LogP contribution in [0.4, 0.5) is 5.69 Å². The maximum absolute atomic E-state index is 6.55. The van der Waals surface area contributed by atoms with E-state index in [1.54, 1.807) is 0 Å². The van der Waals surface area contributed by atoms with Crippen molar-refractivity contribution in [2.24, 2.45) is 0 Å². The Hall–Kier alpha value is -2.78. The molecule has 2 aromatic rings. The summed E-state index contributed by atoms with van der Waals surface area (Å²) < 4.78 is 8.91. The van der Waals surface area contributed by atoms with Gasteiger partial charge in [0.1, 0.15) is 24.4 Å². The molecule has 2 aliphatic rings. The first kappa shape index (κ1) is 23.9. The van der Waals surface area contributed by atoms with Gasteiger partial charge in [0.05, 0.1) is 6.07 Å². The predicted molar refractivity (Wildman–Crippen MR) is 133 cm³/mol. The fraction of sp³-hybridized carbons (Fsp3) is 0.321. The first-order valence-corrected chi connectivity index (χ1v) is 11.5. The Balaban J connectivity index is 0.00000289. The third kappa shape index (κ3) is 4.27. The Morgan fingerprint density at radius 3 is 2.19 bits per heavy atom. The molecule has 1 aliphatic carbocycles. The van der Waals surface area contributed by atoms with Crippen LogP contribution in [0.25, 0.3) is 33.4 Å². The zero-order valence-electron chi connectivity index (χ0n) is 19.8. The lowest BCUT2D eigenvalue weighted by Gasteiger charge is -2.22. The van der Waals surface area contributed by atoms with E-state index >= 15 is 0 Å². The molecule has 1 heterocycles. The number of hydrogen-bond acceptors (Lipinski definition) is 2. The molecule has 0 amide bonds. The van der Waals surface area contributed by atoms with E-state index in [2.05, 4.69) is 105 Å². The van der Waals surface area contributed by atoms with Crippen molar-refractivity contribution in [3.05, 3.63) is 71.6 Å². The number of fused-ring (bicyclic) bond motifs is 2. The summed E-state index contributed by atoms with van der Waals surface area (Å²) in [5.41, 5.74) is 7.10. The molecule has 0 saturated carbocycles. The minimum atomic E-state index is 0. The first-order chi connectivity index (χ1) is 15.1. The lowest BCUT2D eigenvalue weighted by molar-refractivity contribution is -0.00000691. The first-order valence-electron chi connectivity index (χ1n) is 11.5. The molecule has 0 unspecified atom stereocenters. The lowest BCUT2D eigenvalue weighted by atomic mass is 9.91. The van der Waals surface area contributed by atoms with Crippen molar-refractivity contribution in [2.75, 3.05) is 31.1 Å². The summed E-state index contributed by atoms with van der Waals surface area (Å²) in [6.07, 6.45) is 0. The molecule has 0 fully saturated rings. The molecule has 3 nitrogen and oxygen atoms in total. The van der Waals surface area contributed by atoms with E-state index in [1.807, 2.05) is 0 Å². The SMILES string of the molecule is CCN(CC)c1ccc2c(-c3ccccc3C)c3ccc(=[N+](CC)CC)cc-3oc2c1.[Cl-]. The summed E-state index contributed by atoms with van der Waals surface area (Å²) in [6.45, 7) is 14.9. The summed E-state index contributed by atoms with van der Waals surface area (Å²) in [7, 11) is 0. The highest BCUT2D eigenvalue weighted by atomic mass is 35.5. The van der Waals surface area contributed by atoms with Gasteiger partial charge in [0.15, 0.2) is 0 Å². The molecule has 0 atom stereocenters. The van der Waals surface area contributed by atoms with E-state index < -0.39 is 0 Å². The highest BCUT2D eigenvalue weighted by molar-refractivity contribution is 6.03. The fourth-order valence-electron chi connectivity index (χ4n) is 4.58. The van der Waals surface area contributed by atoms with Gasteiger partial charge >= 0.3 is 0 Å². The molecule has 2 aromatic carbocycles. The monoisotopic (exact) mass is 448 g/mol.